The van der Waals surface area contributed by atoms with Crippen LogP contribution in [0.2, 0.25) is 0 Å². The minimum Gasteiger partial charge on any atom is -0.391 e. The fourth-order valence-corrected chi connectivity index (χ4v) is 2.31. The summed E-state index contributed by atoms with van der Waals surface area (Å²) in [4.78, 5) is 11.6. The van der Waals surface area contributed by atoms with Crippen LogP contribution < -0.4 is 10.6 Å². The van der Waals surface area contributed by atoms with Crippen molar-refractivity contribution < 1.29 is 9.90 Å². The van der Waals surface area contributed by atoms with Crippen LogP contribution in [-0.4, -0.2) is 41.3 Å². The van der Waals surface area contributed by atoms with Crippen LogP contribution in [0.4, 0.5) is 0 Å². The normalized spacial score (nSPS) is 24.9. The van der Waals surface area contributed by atoms with Crippen LogP contribution in [0.3, 0.4) is 0 Å². The van der Waals surface area contributed by atoms with Crippen LogP contribution >= 0.6 is 11.8 Å². The van der Waals surface area contributed by atoms with Crippen molar-refractivity contribution in [3.8, 4) is 0 Å². The molecule has 5 heteroatoms. The van der Waals surface area contributed by atoms with Crippen molar-refractivity contribution in [2.24, 2.45) is 5.92 Å². The van der Waals surface area contributed by atoms with Crippen molar-refractivity contribution >= 4 is 17.7 Å². The highest BCUT2D eigenvalue weighted by Crippen LogP contribution is 2.10. The number of aliphatic hydroxyl groups is 1. The van der Waals surface area contributed by atoms with E-state index < -0.39 is 6.10 Å². The third-order valence-electron chi connectivity index (χ3n) is 2.82. The highest BCUT2D eigenvalue weighted by Gasteiger charge is 2.23. The van der Waals surface area contributed by atoms with E-state index in [2.05, 4.69) is 10.6 Å². The van der Waals surface area contributed by atoms with E-state index in [1.165, 1.54) is 0 Å². The van der Waals surface area contributed by atoms with Crippen molar-refractivity contribution in [3.05, 3.63) is 0 Å². The monoisotopic (exact) mass is 232 g/mol. The van der Waals surface area contributed by atoms with Crippen LogP contribution in [0, 0.1) is 5.92 Å². The van der Waals surface area contributed by atoms with E-state index in [0.29, 0.717) is 6.54 Å². The molecule has 1 fully saturated rings. The van der Waals surface area contributed by atoms with Gasteiger partial charge in [0.05, 0.1) is 12.1 Å². The first-order chi connectivity index (χ1) is 7.15. The van der Waals surface area contributed by atoms with Crippen LogP contribution in [-0.2, 0) is 4.79 Å². The number of hydrogen-bond donors (Lipinski definition) is 3. The third kappa shape index (κ3) is 4.01. The quantitative estimate of drug-likeness (QED) is 0.632. The van der Waals surface area contributed by atoms with Gasteiger partial charge in [0.2, 0.25) is 5.91 Å². The number of aliphatic hydroxyl groups excluding tert-OH is 1. The topological polar surface area (TPSA) is 61.4 Å². The molecule has 88 valence electrons. The van der Waals surface area contributed by atoms with Gasteiger partial charge in [-0.05, 0) is 5.92 Å². The Kier molecular flexibility index (Phi) is 5.42. The number of rotatable bonds is 5. The predicted molar refractivity (Wildman–Crippen MR) is 62.7 cm³/mol. The van der Waals surface area contributed by atoms with E-state index in [1.807, 2.05) is 13.8 Å². The van der Waals surface area contributed by atoms with Gasteiger partial charge >= 0.3 is 0 Å². The zero-order valence-corrected chi connectivity index (χ0v) is 10.1. The molecule has 1 amide bonds. The van der Waals surface area contributed by atoms with Gasteiger partial charge in [0.15, 0.2) is 0 Å². The average Bonchev–Trinajstić information content (AvgIpc) is 2.77. The van der Waals surface area contributed by atoms with Crippen LogP contribution in [0.15, 0.2) is 0 Å². The van der Waals surface area contributed by atoms with Gasteiger partial charge in [0.25, 0.3) is 0 Å². The van der Waals surface area contributed by atoms with Gasteiger partial charge < -0.3 is 10.4 Å². The van der Waals surface area contributed by atoms with E-state index in [0.717, 1.165) is 18.1 Å². The molecule has 3 unspecified atom stereocenters. The maximum absolute atomic E-state index is 11.6. The molecule has 0 aromatic rings. The van der Waals surface area contributed by atoms with Crippen molar-refractivity contribution in [1.29, 1.82) is 0 Å². The molecule has 0 radical (unpaired) electrons. The second kappa shape index (κ2) is 6.35. The zero-order chi connectivity index (χ0) is 11.3. The fourth-order valence-electron chi connectivity index (χ4n) is 1.37. The Bertz CT molecular complexity index is 208. The average molecular weight is 232 g/mol. The molecule has 1 saturated heterocycles. The minimum absolute atomic E-state index is 0.00218. The first kappa shape index (κ1) is 12.8. The van der Waals surface area contributed by atoms with Crippen molar-refractivity contribution in [1.82, 2.24) is 10.6 Å². The van der Waals surface area contributed by atoms with Gasteiger partial charge in [0.1, 0.15) is 0 Å². The van der Waals surface area contributed by atoms with Gasteiger partial charge in [0, 0.05) is 18.2 Å². The summed E-state index contributed by atoms with van der Waals surface area (Å²) < 4.78 is 0. The number of carbonyl (C=O) groups is 1. The van der Waals surface area contributed by atoms with Crippen LogP contribution in [0.25, 0.3) is 0 Å². The highest BCUT2D eigenvalue weighted by atomic mass is 32.2. The van der Waals surface area contributed by atoms with Crippen molar-refractivity contribution in [3.63, 3.8) is 0 Å². The second-order valence-corrected chi connectivity index (χ2v) is 5.00. The number of nitrogens with one attached hydrogen (secondary N) is 2. The van der Waals surface area contributed by atoms with Crippen LogP contribution in [0.5, 0.6) is 0 Å². The Morgan fingerprint density at radius 2 is 2.47 bits per heavy atom. The summed E-state index contributed by atoms with van der Waals surface area (Å²) in [5, 5.41) is 15.5. The van der Waals surface area contributed by atoms with E-state index in [4.69, 9.17) is 0 Å². The predicted octanol–water partition coefficient (Wildman–Crippen LogP) is 0.172. The summed E-state index contributed by atoms with van der Waals surface area (Å²) in [6.07, 6.45) is 0.488. The van der Waals surface area contributed by atoms with E-state index in [1.54, 1.807) is 11.8 Å². The highest BCUT2D eigenvalue weighted by molar-refractivity contribution is 7.99. The van der Waals surface area contributed by atoms with Gasteiger partial charge in [-0.2, -0.15) is 0 Å². The molecule has 3 atom stereocenters. The molecular weight excluding hydrogens is 212 g/mol. The lowest BCUT2D eigenvalue weighted by Crippen LogP contribution is -2.45. The molecule has 1 rings (SSSR count). The lowest BCUT2D eigenvalue weighted by atomic mass is 10.0. The largest absolute Gasteiger partial charge is 0.391 e. The lowest BCUT2D eigenvalue weighted by Gasteiger charge is -2.18. The number of amides is 1. The smallest absolute Gasteiger partial charge is 0.238 e. The van der Waals surface area contributed by atoms with E-state index in [-0.39, 0.29) is 17.9 Å². The molecule has 1 aliphatic rings. The standard InChI is InChI=1S/C10H20N2O2S/c1-3-7(2)9(13)4-11-10(14)8-5-15-6-12-8/h7-9,12-13H,3-6H2,1-2H3,(H,11,14). The number of carbonyl (C=O) groups excluding carboxylic acids is 1. The molecule has 15 heavy (non-hydrogen) atoms. The minimum atomic E-state index is -0.437. The Morgan fingerprint density at radius 1 is 1.73 bits per heavy atom. The molecule has 0 aromatic carbocycles. The summed E-state index contributed by atoms with van der Waals surface area (Å²) in [6.45, 7) is 4.38. The molecule has 0 bridgehead atoms. The summed E-state index contributed by atoms with van der Waals surface area (Å²) >= 11 is 1.72. The number of hydrogen-bond acceptors (Lipinski definition) is 4. The fraction of sp³-hybridized carbons (Fsp3) is 0.900. The Labute approximate surface area is 95.2 Å². The van der Waals surface area contributed by atoms with Crippen molar-refractivity contribution in [2.75, 3.05) is 18.2 Å². The summed E-state index contributed by atoms with van der Waals surface area (Å²) in [5.74, 6) is 1.90. The first-order valence-electron chi connectivity index (χ1n) is 5.42. The molecule has 4 nitrogen and oxygen atoms in total. The van der Waals surface area contributed by atoms with Gasteiger partial charge in [-0.25, -0.2) is 0 Å². The van der Waals surface area contributed by atoms with Crippen molar-refractivity contribution in [2.45, 2.75) is 32.4 Å². The van der Waals surface area contributed by atoms with E-state index in [9.17, 15) is 9.90 Å². The first-order valence-corrected chi connectivity index (χ1v) is 6.57. The van der Waals surface area contributed by atoms with Crippen LogP contribution in [0.1, 0.15) is 20.3 Å². The Morgan fingerprint density at radius 3 is 3.00 bits per heavy atom. The Balaban J connectivity index is 2.21. The second-order valence-electron chi connectivity index (χ2n) is 3.97. The Hall–Kier alpha value is -0.260. The maximum atomic E-state index is 11.6. The maximum Gasteiger partial charge on any atom is 0.238 e. The molecule has 0 spiro atoms. The van der Waals surface area contributed by atoms with E-state index >= 15 is 0 Å². The number of thioether (sulfide) groups is 1. The van der Waals surface area contributed by atoms with Gasteiger partial charge in [-0.3, -0.25) is 10.1 Å². The molecular formula is C10H20N2O2S. The zero-order valence-electron chi connectivity index (χ0n) is 9.32. The molecule has 0 saturated carbocycles. The SMILES string of the molecule is CCC(C)C(O)CNC(=O)C1CSCN1. The van der Waals surface area contributed by atoms with Gasteiger partial charge in [-0.15, -0.1) is 11.8 Å². The summed E-state index contributed by atoms with van der Waals surface area (Å²) in [5.41, 5.74) is 0. The van der Waals surface area contributed by atoms with Gasteiger partial charge in [-0.1, -0.05) is 20.3 Å². The summed E-state index contributed by atoms with van der Waals surface area (Å²) in [6, 6.07) is -0.0841. The lowest BCUT2D eigenvalue weighted by molar-refractivity contribution is -0.123. The summed E-state index contributed by atoms with van der Waals surface area (Å²) in [7, 11) is 0. The molecule has 3 N–H and O–H groups in total. The molecule has 0 aliphatic carbocycles. The molecule has 1 aliphatic heterocycles. The third-order valence-corrected chi connectivity index (χ3v) is 3.76. The molecule has 1 heterocycles. The molecule has 0 aromatic heterocycles.